The van der Waals surface area contributed by atoms with Crippen molar-refractivity contribution < 1.29 is 29.3 Å². The van der Waals surface area contributed by atoms with Gasteiger partial charge in [0.25, 0.3) is 0 Å². The quantitative estimate of drug-likeness (QED) is 0.579. The molecule has 0 heterocycles. The number of aromatic hydroxyl groups is 1. The molecule has 1 aliphatic rings. The topological polar surface area (TPSA) is 96.3 Å². The molecule has 0 aliphatic heterocycles. The van der Waals surface area contributed by atoms with Crippen LogP contribution in [0.5, 0.6) is 11.5 Å². The van der Waals surface area contributed by atoms with Crippen molar-refractivity contribution in [3.05, 3.63) is 83.4 Å². The average molecular weight is 433 g/mol. The van der Waals surface area contributed by atoms with E-state index in [2.05, 4.69) is 0 Å². The minimum Gasteiger partial charge on any atom is -0.507 e. The molecule has 1 aliphatic carbocycles. The van der Waals surface area contributed by atoms with Crippen LogP contribution in [0.25, 0.3) is 11.1 Å². The number of nitrogens with zero attached hydrogens (tertiary/aromatic N) is 1. The van der Waals surface area contributed by atoms with Gasteiger partial charge in [-0.2, -0.15) is 0 Å². The van der Waals surface area contributed by atoms with E-state index in [1.165, 1.54) is 13.2 Å². The lowest BCUT2D eigenvalue weighted by Crippen LogP contribution is -2.36. The first kappa shape index (κ1) is 21.2. The molecule has 32 heavy (non-hydrogen) atoms. The van der Waals surface area contributed by atoms with Crippen LogP contribution in [0.15, 0.2) is 66.7 Å². The molecular weight excluding hydrogens is 410 g/mol. The Kier molecular flexibility index (Phi) is 5.98. The van der Waals surface area contributed by atoms with Gasteiger partial charge in [0.05, 0.1) is 13.7 Å². The van der Waals surface area contributed by atoms with Crippen molar-refractivity contribution in [1.29, 1.82) is 0 Å². The predicted octanol–water partition coefficient (Wildman–Crippen LogP) is 4.24. The molecule has 0 saturated heterocycles. The number of hydrogen-bond acceptors (Lipinski definition) is 5. The molecule has 164 valence electrons. The normalized spacial score (nSPS) is 12.0. The van der Waals surface area contributed by atoms with Crippen LogP contribution in [0.1, 0.15) is 22.6 Å². The molecule has 0 aromatic heterocycles. The number of carbonyl (C=O) groups excluding carboxylic acids is 1. The van der Waals surface area contributed by atoms with Crippen LogP contribution in [0.4, 0.5) is 4.79 Å². The monoisotopic (exact) mass is 433 g/mol. The van der Waals surface area contributed by atoms with Gasteiger partial charge in [-0.15, -0.1) is 0 Å². The summed E-state index contributed by atoms with van der Waals surface area (Å²) in [7, 11) is 1.47. The van der Waals surface area contributed by atoms with Gasteiger partial charge in [0, 0.05) is 17.5 Å². The first-order valence-corrected chi connectivity index (χ1v) is 10.2. The van der Waals surface area contributed by atoms with Crippen LogP contribution in [-0.2, 0) is 16.1 Å². The van der Waals surface area contributed by atoms with Crippen LogP contribution < -0.4 is 4.74 Å². The number of ether oxygens (including phenoxy) is 2. The number of carboxylic acids is 1. The summed E-state index contributed by atoms with van der Waals surface area (Å²) in [6.07, 6.45) is -0.760. The van der Waals surface area contributed by atoms with Gasteiger partial charge in [0.2, 0.25) is 0 Å². The van der Waals surface area contributed by atoms with Gasteiger partial charge in [-0.05, 0) is 34.4 Å². The zero-order chi connectivity index (χ0) is 22.7. The maximum atomic E-state index is 12.8. The number of fused-ring (bicyclic) bond motifs is 3. The number of rotatable bonds is 7. The van der Waals surface area contributed by atoms with Gasteiger partial charge in [-0.3, -0.25) is 9.69 Å². The maximum Gasteiger partial charge on any atom is 0.410 e. The molecule has 0 fully saturated rings. The first-order chi connectivity index (χ1) is 15.5. The number of amides is 1. The number of phenols is 1. The van der Waals surface area contributed by atoms with E-state index in [1.54, 1.807) is 12.1 Å². The van der Waals surface area contributed by atoms with E-state index in [-0.39, 0.29) is 24.8 Å². The van der Waals surface area contributed by atoms with Gasteiger partial charge in [-0.1, -0.05) is 48.5 Å². The standard InChI is InChI=1S/C25H23NO6/c1-31-17-11-10-16(23(27)12-17)13-26(14-24(28)29)25(30)32-15-22-20-8-4-2-6-18(20)19-7-3-5-9-21(19)22/h2-12,22,27H,13-15H2,1H3,(H,28,29). The van der Waals surface area contributed by atoms with Gasteiger partial charge < -0.3 is 19.7 Å². The largest absolute Gasteiger partial charge is 0.507 e. The molecule has 0 bridgehead atoms. The number of phenolic OH excluding ortho intramolecular Hbond substituents is 1. The Labute approximate surface area is 185 Å². The van der Waals surface area contributed by atoms with Crippen LogP contribution in [0.3, 0.4) is 0 Å². The minimum atomic E-state index is -1.17. The van der Waals surface area contributed by atoms with E-state index >= 15 is 0 Å². The summed E-state index contributed by atoms with van der Waals surface area (Å²) < 4.78 is 10.6. The zero-order valence-electron chi connectivity index (χ0n) is 17.5. The number of carbonyl (C=O) groups is 2. The molecule has 7 nitrogen and oxygen atoms in total. The highest BCUT2D eigenvalue weighted by Gasteiger charge is 2.30. The van der Waals surface area contributed by atoms with Gasteiger partial charge in [-0.25, -0.2) is 4.79 Å². The van der Waals surface area contributed by atoms with E-state index in [1.807, 2.05) is 48.5 Å². The average Bonchev–Trinajstić information content (AvgIpc) is 3.11. The molecule has 2 N–H and O–H groups in total. The Morgan fingerprint density at radius 2 is 1.59 bits per heavy atom. The van der Waals surface area contributed by atoms with E-state index in [0.29, 0.717) is 11.3 Å². The number of methoxy groups -OCH3 is 1. The zero-order valence-corrected chi connectivity index (χ0v) is 17.5. The fourth-order valence-corrected chi connectivity index (χ4v) is 4.04. The van der Waals surface area contributed by atoms with E-state index in [4.69, 9.17) is 9.47 Å². The Morgan fingerprint density at radius 1 is 0.969 bits per heavy atom. The number of carboxylic acid groups (broad SMARTS) is 1. The molecule has 0 radical (unpaired) electrons. The lowest BCUT2D eigenvalue weighted by molar-refractivity contribution is -0.138. The highest BCUT2D eigenvalue weighted by atomic mass is 16.6. The van der Waals surface area contributed by atoms with E-state index < -0.39 is 18.6 Å². The smallest absolute Gasteiger partial charge is 0.410 e. The fraction of sp³-hybridized carbons (Fsp3) is 0.200. The predicted molar refractivity (Wildman–Crippen MR) is 118 cm³/mol. The molecule has 7 heteroatoms. The second kappa shape index (κ2) is 9.01. The number of benzene rings is 3. The van der Waals surface area contributed by atoms with Crippen molar-refractivity contribution in [2.45, 2.75) is 12.5 Å². The fourth-order valence-electron chi connectivity index (χ4n) is 4.04. The highest BCUT2D eigenvalue weighted by Crippen LogP contribution is 2.44. The van der Waals surface area contributed by atoms with E-state index in [0.717, 1.165) is 27.2 Å². The first-order valence-electron chi connectivity index (χ1n) is 10.2. The van der Waals surface area contributed by atoms with E-state index in [9.17, 15) is 19.8 Å². The molecule has 1 amide bonds. The van der Waals surface area contributed by atoms with Crippen molar-refractivity contribution in [1.82, 2.24) is 4.90 Å². The molecule has 4 rings (SSSR count). The SMILES string of the molecule is COc1ccc(CN(CC(=O)O)C(=O)OCC2c3ccccc3-c3ccccc32)c(O)c1. The van der Waals surface area contributed by atoms with Crippen molar-refractivity contribution in [2.75, 3.05) is 20.3 Å². The third kappa shape index (κ3) is 4.23. The number of aliphatic carboxylic acids is 1. The molecular formula is C25H23NO6. The van der Waals surface area contributed by atoms with Crippen LogP contribution >= 0.6 is 0 Å². The van der Waals surface area contributed by atoms with Crippen LogP contribution in [0, 0.1) is 0 Å². The van der Waals surface area contributed by atoms with Crippen molar-refractivity contribution in [3.8, 4) is 22.6 Å². The maximum absolute atomic E-state index is 12.8. The molecule has 3 aromatic rings. The second-order valence-corrected chi connectivity index (χ2v) is 7.55. The van der Waals surface area contributed by atoms with Gasteiger partial charge in [0.1, 0.15) is 24.7 Å². The summed E-state index contributed by atoms with van der Waals surface area (Å²) in [6.45, 7) is -0.585. The molecule has 0 atom stereocenters. The molecule has 3 aromatic carbocycles. The summed E-state index contributed by atoms with van der Waals surface area (Å²) in [5.41, 5.74) is 4.74. The highest BCUT2D eigenvalue weighted by molar-refractivity contribution is 5.79. The van der Waals surface area contributed by atoms with Crippen molar-refractivity contribution >= 4 is 12.1 Å². The van der Waals surface area contributed by atoms with Crippen LogP contribution in [-0.4, -0.2) is 47.4 Å². The third-order valence-electron chi connectivity index (χ3n) is 5.57. The summed E-state index contributed by atoms with van der Waals surface area (Å²) in [6, 6.07) is 20.6. The minimum absolute atomic E-state index is 0.0809. The Morgan fingerprint density at radius 3 is 2.16 bits per heavy atom. The van der Waals surface area contributed by atoms with Gasteiger partial charge >= 0.3 is 12.1 Å². The van der Waals surface area contributed by atoms with Crippen LogP contribution in [0.2, 0.25) is 0 Å². The Bertz CT molecular complexity index is 1110. The van der Waals surface area contributed by atoms with Crippen molar-refractivity contribution in [3.63, 3.8) is 0 Å². The summed E-state index contributed by atoms with van der Waals surface area (Å²) in [5, 5.41) is 19.5. The summed E-state index contributed by atoms with van der Waals surface area (Å²) in [5.74, 6) is -0.942. The van der Waals surface area contributed by atoms with Crippen molar-refractivity contribution in [2.24, 2.45) is 0 Å². The third-order valence-corrected chi connectivity index (χ3v) is 5.57. The van der Waals surface area contributed by atoms with Gasteiger partial charge in [0.15, 0.2) is 0 Å². The molecule has 0 saturated carbocycles. The lowest BCUT2D eigenvalue weighted by atomic mass is 9.98. The molecule has 0 unspecified atom stereocenters. The number of hydrogen-bond donors (Lipinski definition) is 2. The Balaban J connectivity index is 1.51. The lowest BCUT2D eigenvalue weighted by Gasteiger charge is -2.22. The Hall–Kier alpha value is -4.00. The summed E-state index contributed by atoms with van der Waals surface area (Å²) in [4.78, 5) is 25.2. The molecule has 0 spiro atoms. The second-order valence-electron chi connectivity index (χ2n) is 7.55. The summed E-state index contributed by atoms with van der Waals surface area (Å²) >= 11 is 0.